The highest BCUT2D eigenvalue weighted by Crippen LogP contribution is 2.39. The number of nitrogens with two attached hydrogens (primary N) is 1. The van der Waals surface area contributed by atoms with E-state index < -0.39 is 0 Å². The molecule has 1 aliphatic carbocycles. The molecular weight excluding hydrogens is 202 g/mol. The van der Waals surface area contributed by atoms with Gasteiger partial charge in [-0.1, -0.05) is 0 Å². The number of hydrogen-bond donors (Lipinski definition) is 1. The van der Waals surface area contributed by atoms with Gasteiger partial charge in [0.1, 0.15) is 13.2 Å². The minimum absolute atomic E-state index is 0.0501. The normalized spacial score (nSPS) is 20.6. The first-order valence-corrected chi connectivity index (χ1v) is 5.84. The molecule has 1 aliphatic heterocycles. The standard InChI is InChI=1S/C13H17NO2/c1-9-6-11-12(16-5-4-15-11)7-10(9)8-13(14)2-3-13/h6-7H,2-5,8,14H2,1H3. The van der Waals surface area contributed by atoms with Gasteiger partial charge in [0.2, 0.25) is 0 Å². The number of benzene rings is 1. The van der Waals surface area contributed by atoms with Gasteiger partial charge in [0.25, 0.3) is 0 Å². The van der Waals surface area contributed by atoms with Crippen LogP contribution in [0.15, 0.2) is 12.1 Å². The second-order valence-electron chi connectivity index (χ2n) is 4.96. The Morgan fingerprint density at radius 3 is 2.44 bits per heavy atom. The van der Waals surface area contributed by atoms with E-state index in [9.17, 15) is 0 Å². The minimum Gasteiger partial charge on any atom is -0.486 e. The Kier molecular flexibility index (Phi) is 2.11. The molecule has 0 spiro atoms. The highest BCUT2D eigenvalue weighted by atomic mass is 16.6. The van der Waals surface area contributed by atoms with Gasteiger partial charge < -0.3 is 15.2 Å². The van der Waals surface area contributed by atoms with Gasteiger partial charge in [0.15, 0.2) is 11.5 Å². The van der Waals surface area contributed by atoms with E-state index in [1.54, 1.807) is 0 Å². The SMILES string of the molecule is Cc1cc2c(cc1CC1(N)CC1)OCCO2. The minimum atomic E-state index is 0.0501. The number of fused-ring (bicyclic) bond motifs is 1. The summed E-state index contributed by atoms with van der Waals surface area (Å²) in [6.45, 7) is 3.40. The first-order valence-electron chi connectivity index (χ1n) is 5.84. The maximum atomic E-state index is 6.15. The monoisotopic (exact) mass is 219 g/mol. The van der Waals surface area contributed by atoms with E-state index in [1.165, 1.54) is 11.1 Å². The van der Waals surface area contributed by atoms with Gasteiger partial charge in [-0.15, -0.1) is 0 Å². The predicted octanol–water partition coefficient (Wildman–Crippen LogP) is 1.80. The summed E-state index contributed by atoms with van der Waals surface area (Å²) in [6.07, 6.45) is 3.23. The molecule has 0 amide bonds. The van der Waals surface area contributed by atoms with Crippen molar-refractivity contribution < 1.29 is 9.47 Å². The van der Waals surface area contributed by atoms with Crippen LogP contribution in [-0.2, 0) is 6.42 Å². The maximum Gasteiger partial charge on any atom is 0.161 e. The van der Waals surface area contributed by atoms with E-state index in [4.69, 9.17) is 15.2 Å². The topological polar surface area (TPSA) is 44.5 Å². The summed E-state index contributed by atoms with van der Waals surface area (Å²) in [4.78, 5) is 0. The van der Waals surface area contributed by atoms with Gasteiger partial charge in [0, 0.05) is 5.54 Å². The van der Waals surface area contributed by atoms with Crippen molar-refractivity contribution >= 4 is 0 Å². The predicted molar refractivity (Wildman–Crippen MR) is 62.0 cm³/mol. The quantitative estimate of drug-likeness (QED) is 0.825. The highest BCUT2D eigenvalue weighted by molar-refractivity contribution is 5.48. The Morgan fingerprint density at radius 2 is 1.81 bits per heavy atom. The summed E-state index contributed by atoms with van der Waals surface area (Å²) in [5, 5.41) is 0. The molecule has 1 heterocycles. The lowest BCUT2D eigenvalue weighted by molar-refractivity contribution is 0.171. The van der Waals surface area contributed by atoms with Crippen LogP contribution in [-0.4, -0.2) is 18.8 Å². The molecule has 1 saturated carbocycles. The van der Waals surface area contributed by atoms with Crippen LogP contribution in [0.1, 0.15) is 24.0 Å². The van der Waals surface area contributed by atoms with E-state index in [0.29, 0.717) is 13.2 Å². The Morgan fingerprint density at radius 1 is 1.19 bits per heavy atom. The van der Waals surface area contributed by atoms with Crippen molar-refractivity contribution in [1.82, 2.24) is 0 Å². The van der Waals surface area contributed by atoms with Crippen molar-refractivity contribution in [3.05, 3.63) is 23.3 Å². The van der Waals surface area contributed by atoms with Crippen molar-refractivity contribution in [2.45, 2.75) is 31.7 Å². The zero-order valence-electron chi connectivity index (χ0n) is 9.58. The average Bonchev–Trinajstić information content (AvgIpc) is 2.97. The molecule has 1 aromatic carbocycles. The summed E-state index contributed by atoms with van der Waals surface area (Å²) < 4.78 is 11.1. The Balaban J connectivity index is 1.92. The third kappa shape index (κ3) is 1.76. The maximum absolute atomic E-state index is 6.15. The fraction of sp³-hybridized carbons (Fsp3) is 0.538. The molecule has 3 heteroatoms. The molecule has 16 heavy (non-hydrogen) atoms. The van der Waals surface area contributed by atoms with Gasteiger partial charge in [-0.05, 0) is 49.4 Å². The zero-order chi connectivity index (χ0) is 11.2. The third-order valence-corrected chi connectivity index (χ3v) is 3.44. The van der Waals surface area contributed by atoms with Gasteiger partial charge in [0.05, 0.1) is 0 Å². The fourth-order valence-electron chi connectivity index (χ4n) is 2.14. The molecule has 3 rings (SSSR count). The summed E-state index contributed by atoms with van der Waals surface area (Å²) in [5.41, 5.74) is 8.75. The van der Waals surface area contributed by atoms with Gasteiger partial charge >= 0.3 is 0 Å². The molecule has 0 aromatic heterocycles. The lowest BCUT2D eigenvalue weighted by atomic mass is 9.99. The van der Waals surface area contributed by atoms with E-state index >= 15 is 0 Å². The molecule has 0 saturated heterocycles. The van der Waals surface area contributed by atoms with Crippen LogP contribution >= 0.6 is 0 Å². The van der Waals surface area contributed by atoms with E-state index in [-0.39, 0.29) is 5.54 Å². The van der Waals surface area contributed by atoms with Crippen LogP contribution in [0.4, 0.5) is 0 Å². The molecule has 0 unspecified atom stereocenters. The second-order valence-corrected chi connectivity index (χ2v) is 4.96. The van der Waals surface area contributed by atoms with Crippen LogP contribution in [0, 0.1) is 6.92 Å². The van der Waals surface area contributed by atoms with Crippen LogP contribution in [0.3, 0.4) is 0 Å². The second kappa shape index (κ2) is 3.39. The van der Waals surface area contributed by atoms with Gasteiger partial charge in [-0.3, -0.25) is 0 Å². The number of ether oxygens (including phenoxy) is 2. The van der Waals surface area contributed by atoms with Crippen molar-refractivity contribution in [3.8, 4) is 11.5 Å². The summed E-state index contributed by atoms with van der Waals surface area (Å²) >= 11 is 0. The molecule has 0 atom stereocenters. The Bertz CT molecular complexity index is 424. The fourth-order valence-corrected chi connectivity index (χ4v) is 2.14. The van der Waals surface area contributed by atoms with Crippen molar-refractivity contribution in [3.63, 3.8) is 0 Å². The van der Waals surface area contributed by atoms with Crippen molar-refractivity contribution in [1.29, 1.82) is 0 Å². The number of hydrogen-bond acceptors (Lipinski definition) is 3. The first-order chi connectivity index (χ1) is 7.66. The third-order valence-electron chi connectivity index (χ3n) is 3.44. The first kappa shape index (κ1) is 9.97. The van der Waals surface area contributed by atoms with Crippen LogP contribution in [0.5, 0.6) is 11.5 Å². The Hall–Kier alpha value is -1.22. The summed E-state index contributed by atoms with van der Waals surface area (Å²) in [5.74, 6) is 1.74. The molecule has 86 valence electrons. The van der Waals surface area contributed by atoms with Crippen LogP contribution in [0.2, 0.25) is 0 Å². The van der Waals surface area contributed by atoms with E-state index in [2.05, 4.69) is 19.1 Å². The molecule has 2 aliphatic rings. The molecule has 1 aromatic rings. The molecule has 1 fully saturated rings. The molecule has 2 N–H and O–H groups in total. The smallest absolute Gasteiger partial charge is 0.161 e. The lowest BCUT2D eigenvalue weighted by Crippen LogP contribution is -2.25. The van der Waals surface area contributed by atoms with E-state index in [0.717, 1.165) is 30.8 Å². The molecular formula is C13H17NO2. The van der Waals surface area contributed by atoms with Gasteiger partial charge in [-0.25, -0.2) is 0 Å². The average molecular weight is 219 g/mol. The van der Waals surface area contributed by atoms with E-state index in [1.807, 2.05) is 0 Å². The highest BCUT2D eigenvalue weighted by Gasteiger charge is 2.38. The van der Waals surface area contributed by atoms with Crippen molar-refractivity contribution in [2.75, 3.05) is 13.2 Å². The molecule has 3 nitrogen and oxygen atoms in total. The molecule has 0 radical (unpaired) electrons. The summed E-state index contributed by atoms with van der Waals surface area (Å²) in [6, 6.07) is 4.16. The number of aryl methyl sites for hydroxylation is 1. The van der Waals surface area contributed by atoms with Gasteiger partial charge in [-0.2, -0.15) is 0 Å². The van der Waals surface area contributed by atoms with Crippen molar-refractivity contribution in [2.24, 2.45) is 5.73 Å². The largest absolute Gasteiger partial charge is 0.486 e. The zero-order valence-corrected chi connectivity index (χ0v) is 9.58. The van der Waals surface area contributed by atoms with Crippen LogP contribution in [0.25, 0.3) is 0 Å². The lowest BCUT2D eigenvalue weighted by Gasteiger charge is -2.21. The molecule has 0 bridgehead atoms. The van der Waals surface area contributed by atoms with Crippen LogP contribution < -0.4 is 15.2 Å². The number of rotatable bonds is 2. The Labute approximate surface area is 95.5 Å². The summed E-state index contributed by atoms with van der Waals surface area (Å²) in [7, 11) is 0.